The van der Waals surface area contributed by atoms with Gasteiger partial charge in [-0.05, 0) is 44.5 Å². The van der Waals surface area contributed by atoms with Crippen LogP contribution in [0.1, 0.15) is 19.4 Å². The Labute approximate surface area is 114 Å². The van der Waals surface area contributed by atoms with Crippen molar-refractivity contribution < 1.29 is 4.74 Å². The summed E-state index contributed by atoms with van der Waals surface area (Å²) in [5.74, 6) is 0. The molecule has 2 atom stereocenters. The summed E-state index contributed by atoms with van der Waals surface area (Å²) in [5.41, 5.74) is 7.85. The Hall–Kier alpha value is -0.770. The lowest BCUT2D eigenvalue weighted by molar-refractivity contribution is -0.00521. The van der Waals surface area contributed by atoms with E-state index in [-0.39, 0.29) is 12.2 Å². The Morgan fingerprint density at radius 2 is 2.00 bits per heavy atom. The highest BCUT2D eigenvalue weighted by molar-refractivity contribution is 6.31. The first kappa shape index (κ1) is 13.7. The number of hydrogen-bond donors (Lipinski definition) is 1. The summed E-state index contributed by atoms with van der Waals surface area (Å²) < 4.78 is 5.74. The molecule has 0 bridgehead atoms. The Kier molecular flexibility index (Phi) is 4.49. The van der Waals surface area contributed by atoms with Crippen molar-refractivity contribution in [3.63, 3.8) is 0 Å². The van der Waals surface area contributed by atoms with Crippen LogP contribution in [-0.4, -0.2) is 31.8 Å². The molecule has 4 heteroatoms. The fourth-order valence-electron chi connectivity index (χ4n) is 2.48. The third-order valence-electron chi connectivity index (χ3n) is 3.24. The zero-order chi connectivity index (χ0) is 13.1. The van der Waals surface area contributed by atoms with E-state index in [0.29, 0.717) is 6.54 Å². The first-order valence-electron chi connectivity index (χ1n) is 6.49. The summed E-state index contributed by atoms with van der Waals surface area (Å²) in [5, 5.41) is 0.810. The first-order chi connectivity index (χ1) is 8.60. The van der Waals surface area contributed by atoms with Gasteiger partial charge in [0.2, 0.25) is 0 Å². The molecule has 0 aliphatic carbocycles. The molecule has 1 saturated heterocycles. The van der Waals surface area contributed by atoms with Gasteiger partial charge in [0, 0.05) is 23.8 Å². The number of benzene rings is 1. The van der Waals surface area contributed by atoms with E-state index in [0.717, 1.165) is 30.1 Å². The molecule has 2 N–H and O–H groups in total. The summed E-state index contributed by atoms with van der Waals surface area (Å²) in [6.45, 7) is 6.67. The van der Waals surface area contributed by atoms with E-state index in [1.807, 2.05) is 6.07 Å². The Balaban J connectivity index is 2.15. The largest absolute Gasteiger partial charge is 0.372 e. The molecule has 0 radical (unpaired) electrons. The molecule has 18 heavy (non-hydrogen) atoms. The summed E-state index contributed by atoms with van der Waals surface area (Å²) in [6, 6.07) is 6.24. The van der Waals surface area contributed by atoms with Gasteiger partial charge >= 0.3 is 0 Å². The molecule has 0 spiro atoms. The highest BCUT2D eigenvalue weighted by Gasteiger charge is 2.22. The lowest BCUT2D eigenvalue weighted by Gasteiger charge is -2.37. The van der Waals surface area contributed by atoms with Crippen molar-refractivity contribution in [3.05, 3.63) is 28.8 Å². The number of anilines is 1. The molecule has 3 nitrogen and oxygen atoms in total. The fourth-order valence-corrected chi connectivity index (χ4v) is 2.75. The molecule has 2 unspecified atom stereocenters. The van der Waals surface area contributed by atoms with E-state index in [9.17, 15) is 0 Å². The van der Waals surface area contributed by atoms with Gasteiger partial charge in [-0.2, -0.15) is 0 Å². The maximum absolute atomic E-state index is 6.29. The molecule has 1 aromatic rings. The second-order valence-corrected chi connectivity index (χ2v) is 5.38. The van der Waals surface area contributed by atoms with Crippen LogP contribution in [0.3, 0.4) is 0 Å². The van der Waals surface area contributed by atoms with Gasteiger partial charge in [-0.15, -0.1) is 0 Å². The van der Waals surface area contributed by atoms with Crippen molar-refractivity contribution in [1.82, 2.24) is 0 Å². The van der Waals surface area contributed by atoms with Crippen molar-refractivity contribution in [1.29, 1.82) is 0 Å². The maximum Gasteiger partial charge on any atom is 0.0726 e. The molecule has 0 aromatic heterocycles. The van der Waals surface area contributed by atoms with E-state index in [4.69, 9.17) is 22.1 Å². The second-order valence-electron chi connectivity index (χ2n) is 4.98. The molecular weight excluding hydrogens is 248 g/mol. The number of halogens is 1. The summed E-state index contributed by atoms with van der Waals surface area (Å²) in [4.78, 5) is 2.33. The summed E-state index contributed by atoms with van der Waals surface area (Å²) in [6.07, 6.45) is 1.35. The molecule has 100 valence electrons. The minimum absolute atomic E-state index is 0.260. The average molecular weight is 269 g/mol. The van der Waals surface area contributed by atoms with Crippen LogP contribution >= 0.6 is 11.6 Å². The van der Waals surface area contributed by atoms with Crippen LogP contribution in [0, 0.1) is 0 Å². The van der Waals surface area contributed by atoms with Gasteiger partial charge in [0.15, 0.2) is 0 Å². The van der Waals surface area contributed by atoms with E-state index in [1.165, 1.54) is 5.69 Å². The number of rotatable bonds is 3. The van der Waals surface area contributed by atoms with Crippen LogP contribution in [0.25, 0.3) is 0 Å². The Bertz CT molecular complexity index is 401. The number of ether oxygens (including phenoxy) is 1. The summed E-state index contributed by atoms with van der Waals surface area (Å²) in [7, 11) is 0. The van der Waals surface area contributed by atoms with Gasteiger partial charge in [-0.3, -0.25) is 0 Å². The van der Waals surface area contributed by atoms with Crippen molar-refractivity contribution in [3.8, 4) is 0 Å². The molecule has 1 fully saturated rings. The third-order valence-corrected chi connectivity index (χ3v) is 3.59. The first-order valence-corrected chi connectivity index (χ1v) is 6.87. The Morgan fingerprint density at radius 1 is 1.33 bits per heavy atom. The van der Waals surface area contributed by atoms with Gasteiger partial charge in [-0.25, -0.2) is 0 Å². The monoisotopic (exact) mass is 268 g/mol. The van der Waals surface area contributed by atoms with Crippen molar-refractivity contribution in [2.45, 2.75) is 32.5 Å². The number of nitrogens with zero attached hydrogens (tertiary/aromatic N) is 1. The highest BCUT2D eigenvalue weighted by atomic mass is 35.5. The van der Waals surface area contributed by atoms with Crippen molar-refractivity contribution >= 4 is 17.3 Å². The third kappa shape index (κ3) is 3.16. The topological polar surface area (TPSA) is 38.5 Å². The predicted octanol–water partition coefficient (Wildman–Crippen LogP) is 2.45. The molecule has 0 amide bonds. The van der Waals surface area contributed by atoms with Crippen LogP contribution in [-0.2, 0) is 11.2 Å². The normalized spacial score (nSPS) is 24.3. The van der Waals surface area contributed by atoms with Crippen LogP contribution < -0.4 is 10.6 Å². The van der Waals surface area contributed by atoms with E-state index in [2.05, 4.69) is 30.9 Å². The molecule has 1 aromatic carbocycles. The quantitative estimate of drug-likeness (QED) is 0.915. The number of morpholine rings is 1. The second kappa shape index (κ2) is 5.91. The van der Waals surface area contributed by atoms with Crippen LogP contribution in [0.5, 0.6) is 0 Å². The highest BCUT2D eigenvalue weighted by Crippen LogP contribution is 2.26. The van der Waals surface area contributed by atoms with Crippen LogP contribution in [0.4, 0.5) is 5.69 Å². The van der Waals surface area contributed by atoms with E-state index in [1.54, 1.807) is 0 Å². The fraction of sp³-hybridized carbons (Fsp3) is 0.571. The molecule has 1 heterocycles. The van der Waals surface area contributed by atoms with E-state index < -0.39 is 0 Å². The van der Waals surface area contributed by atoms with Gasteiger partial charge in [0.05, 0.1) is 12.2 Å². The molecule has 0 saturated carbocycles. The number of nitrogens with two attached hydrogens (primary N) is 1. The van der Waals surface area contributed by atoms with Crippen LogP contribution in [0.15, 0.2) is 18.2 Å². The molecule has 1 aliphatic rings. The zero-order valence-corrected chi connectivity index (χ0v) is 11.8. The lowest BCUT2D eigenvalue weighted by Crippen LogP contribution is -2.45. The lowest BCUT2D eigenvalue weighted by atomic mass is 10.1. The van der Waals surface area contributed by atoms with Gasteiger partial charge in [0.25, 0.3) is 0 Å². The van der Waals surface area contributed by atoms with E-state index >= 15 is 0 Å². The van der Waals surface area contributed by atoms with Crippen molar-refractivity contribution in [2.24, 2.45) is 5.73 Å². The van der Waals surface area contributed by atoms with Crippen molar-refractivity contribution in [2.75, 3.05) is 24.5 Å². The van der Waals surface area contributed by atoms with Gasteiger partial charge in [0.1, 0.15) is 0 Å². The molecule has 2 rings (SSSR count). The average Bonchev–Trinajstić information content (AvgIpc) is 2.30. The zero-order valence-electron chi connectivity index (χ0n) is 11.0. The SMILES string of the molecule is CC1CN(c2ccc(CCN)c(Cl)c2)CC(C)O1. The molecule has 1 aliphatic heterocycles. The standard InChI is InChI=1S/C14H21ClN2O/c1-10-8-17(9-11(2)18-10)13-4-3-12(5-6-16)14(15)7-13/h3-4,7,10-11H,5-6,8-9,16H2,1-2H3. The minimum Gasteiger partial charge on any atom is -0.372 e. The molecular formula is C14H21ClN2O. The van der Waals surface area contributed by atoms with Gasteiger partial charge in [-0.1, -0.05) is 17.7 Å². The Morgan fingerprint density at radius 3 is 2.56 bits per heavy atom. The number of hydrogen-bond acceptors (Lipinski definition) is 3. The van der Waals surface area contributed by atoms with Gasteiger partial charge < -0.3 is 15.4 Å². The summed E-state index contributed by atoms with van der Waals surface area (Å²) >= 11 is 6.29. The maximum atomic E-state index is 6.29. The minimum atomic E-state index is 0.260. The predicted molar refractivity (Wildman–Crippen MR) is 76.4 cm³/mol. The van der Waals surface area contributed by atoms with Crippen LogP contribution in [0.2, 0.25) is 5.02 Å². The smallest absolute Gasteiger partial charge is 0.0726 e.